The van der Waals surface area contributed by atoms with Gasteiger partial charge in [0.05, 0.1) is 27.2 Å². The number of likely N-dealkylation sites (N-methyl/N-ethyl adjacent to an activating group) is 1. The minimum Gasteiger partial charge on any atom is -0.352 e. The Morgan fingerprint density at radius 3 is 2.61 bits per heavy atom. The van der Waals surface area contributed by atoms with Crippen molar-refractivity contribution >= 4 is 5.91 Å². The minimum absolute atomic E-state index is 0.00428. The summed E-state index contributed by atoms with van der Waals surface area (Å²) in [7, 11) is 4.33. The molecule has 0 heterocycles. The first-order valence-corrected chi connectivity index (χ1v) is 6.31. The Morgan fingerprint density at radius 1 is 1.33 bits per heavy atom. The smallest absolute Gasteiger partial charge is 0.251 e. The van der Waals surface area contributed by atoms with Gasteiger partial charge in [-0.25, -0.2) is 0 Å². The first-order valence-electron chi connectivity index (χ1n) is 6.31. The van der Waals surface area contributed by atoms with Crippen molar-refractivity contribution in [3.05, 3.63) is 48.6 Å². The number of benzene rings is 1. The second kappa shape index (κ2) is 6.97. The lowest BCUT2D eigenvalue weighted by Crippen LogP contribution is -2.41. The van der Waals surface area contributed by atoms with Gasteiger partial charge in [0.25, 0.3) is 5.91 Å². The Balaban J connectivity index is 2.26. The number of quaternary nitrogens is 1. The largest absolute Gasteiger partial charge is 0.352 e. The first-order chi connectivity index (χ1) is 8.55. The van der Waals surface area contributed by atoms with Crippen molar-refractivity contribution in [3.63, 3.8) is 0 Å². The highest BCUT2D eigenvalue weighted by Gasteiger charge is 2.12. The molecule has 0 saturated carbocycles. The second-order valence-electron chi connectivity index (χ2n) is 5.11. The second-order valence-corrected chi connectivity index (χ2v) is 5.11. The zero-order valence-electron chi connectivity index (χ0n) is 11.4. The predicted octanol–water partition coefficient (Wildman–Crippen LogP) is 2.07. The van der Waals surface area contributed by atoms with Crippen LogP contribution >= 0.6 is 0 Å². The van der Waals surface area contributed by atoms with E-state index in [4.69, 9.17) is 0 Å². The maximum atomic E-state index is 11.8. The Hall–Kier alpha value is -1.61. The van der Waals surface area contributed by atoms with Gasteiger partial charge in [0.2, 0.25) is 0 Å². The van der Waals surface area contributed by atoms with E-state index < -0.39 is 0 Å². The van der Waals surface area contributed by atoms with Crippen LogP contribution in [0.3, 0.4) is 0 Å². The maximum absolute atomic E-state index is 11.8. The quantitative estimate of drug-likeness (QED) is 0.446. The standard InChI is InChI=1S/C15H22N2O/c1-4-12-17(2,3)13-8-11-16-15(18)14-9-6-5-7-10-14/h4-7,9-10H,1,8,11-13H2,2-3H3/p+1. The summed E-state index contributed by atoms with van der Waals surface area (Å²) in [4.78, 5) is 11.8. The van der Waals surface area contributed by atoms with Crippen LogP contribution in [0.4, 0.5) is 0 Å². The Morgan fingerprint density at radius 2 is 2.00 bits per heavy atom. The number of nitrogens with one attached hydrogen (secondary N) is 1. The van der Waals surface area contributed by atoms with Crippen LogP contribution in [0.15, 0.2) is 43.0 Å². The Labute approximate surface area is 110 Å². The molecular weight excluding hydrogens is 224 g/mol. The SMILES string of the molecule is C=CC[N+](C)(C)CCCNC(=O)c1ccccc1. The Kier molecular flexibility index (Phi) is 5.59. The van der Waals surface area contributed by atoms with Crippen LogP contribution in [0.25, 0.3) is 0 Å². The average Bonchev–Trinajstić information content (AvgIpc) is 2.35. The molecule has 0 atom stereocenters. The molecule has 1 aromatic carbocycles. The summed E-state index contributed by atoms with van der Waals surface area (Å²) in [6.45, 7) is 6.45. The fraction of sp³-hybridized carbons (Fsp3) is 0.400. The van der Waals surface area contributed by atoms with E-state index in [-0.39, 0.29) is 5.91 Å². The molecule has 0 aromatic heterocycles. The molecule has 0 saturated heterocycles. The van der Waals surface area contributed by atoms with Gasteiger partial charge in [0, 0.05) is 18.5 Å². The highest BCUT2D eigenvalue weighted by atomic mass is 16.1. The highest BCUT2D eigenvalue weighted by molar-refractivity contribution is 5.94. The van der Waals surface area contributed by atoms with Crippen molar-refractivity contribution in [2.75, 3.05) is 33.7 Å². The lowest BCUT2D eigenvalue weighted by atomic mass is 10.2. The van der Waals surface area contributed by atoms with Crippen LogP contribution in [0, 0.1) is 0 Å². The van der Waals surface area contributed by atoms with Crippen LogP contribution in [0.5, 0.6) is 0 Å². The summed E-state index contributed by atoms with van der Waals surface area (Å²) in [6, 6.07) is 9.31. The van der Waals surface area contributed by atoms with Gasteiger partial charge in [0.15, 0.2) is 0 Å². The number of amides is 1. The van der Waals surface area contributed by atoms with E-state index in [9.17, 15) is 4.79 Å². The molecule has 1 rings (SSSR count). The van der Waals surface area contributed by atoms with Gasteiger partial charge in [-0.1, -0.05) is 24.8 Å². The molecule has 3 nitrogen and oxygen atoms in total. The molecule has 3 heteroatoms. The molecule has 0 radical (unpaired) electrons. The fourth-order valence-electron chi connectivity index (χ4n) is 1.84. The molecule has 18 heavy (non-hydrogen) atoms. The molecular formula is C15H23N2O+. The molecule has 0 fully saturated rings. The van der Waals surface area contributed by atoms with E-state index in [0.717, 1.165) is 29.6 Å². The van der Waals surface area contributed by atoms with Crippen LogP contribution in [-0.4, -0.2) is 44.1 Å². The number of hydrogen-bond donors (Lipinski definition) is 1. The van der Waals surface area contributed by atoms with Crippen molar-refractivity contribution in [1.82, 2.24) is 5.32 Å². The Bertz CT molecular complexity index is 385. The lowest BCUT2D eigenvalue weighted by Gasteiger charge is -2.28. The predicted molar refractivity (Wildman–Crippen MR) is 75.4 cm³/mol. The molecule has 98 valence electrons. The van der Waals surface area contributed by atoms with Gasteiger partial charge in [-0.3, -0.25) is 4.79 Å². The number of rotatable bonds is 7. The number of carbonyl (C=O) groups excluding carboxylic acids is 1. The highest BCUT2D eigenvalue weighted by Crippen LogP contribution is 2.00. The summed E-state index contributed by atoms with van der Waals surface area (Å²) >= 11 is 0. The number of nitrogens with zero attached hydrogens (tertiary/aromatic N) is 1. The molecule has 0 unspecified atom stereocenters. The summed E-state index contributed by atoms with van der Waals surface area (Å²) < 4.78 is 0.907. The maximum Gasteiger partial charge on any atom is 0.251 e. The topological polar surface area (TPSA) is 29.1 Å². The first kappa shape index (κ1) is 14.5. The van der Waals surface area contributed by atoms with Crippen molar-refractivity contribution in [3.8, 4) is 0 Å². The van der Waals surface area contributed by atoms with Crippen LogP contribution in [-0.2, 0) is 0 Å². The average molecular weight is 247 g/mol. The molecule has 0 aliphatic carbocycles. The third kappa shape index (κ3) is 5.15. The van der Waals surface area contributed by atoms with Gasteiger partial charge in [-0.05, 0) is 18.2 Å². The van der Waals surface area contributed by atoms with E-state index in [1.54, 1.807) is 0 Å². The molecule has 1 aromatic rings. The van der Waals surface area contributed by atoms with Crippen LogP contribution in [0.2, 0.25) is 0 Å². The van der Waals surface area contributed by atoms with Crippen molar-refractivity contribution in [1.29, 1.82) is 0 Å². The zero-order valence-corrected chi connectivity index (χ0v) is 11.4. The van der Waals surface area contributed by atoms with Gasteiger partial charge >= 0.3 is 0 Å². The summed E-state index contributed by atoms with van der Waals surface area (Å²) in [5.74, 6) is 0.00428. The normalized spacial score (nSPS) is 11.0. The van der Waals surface area contributed by atoms with E-state index >= 15 is 0 Å². The monoisotopic (exact) mass is 247 g/mol. The number of hydrogen-bond acceptors (Lipinski definition) is 1. The molecule has 1 N–H and O–H groups in total. The van der Waals surface area contributed by atoms with Crippen LogP contribution < -0.4 is 5.32 Å². The van der Waals surface area contributed by atoms with E-state index in [0.29, 0.717) is 6.54 Å². The fourth-order valence-corrected chi connectivity index (χ4v) is 1.84. The van der Waals surface area contributed by atoms with E-state index in [1.807, 2.05) is 36.4 Å². The van der Waals surface area contributed by atoms with Crippen LogP contribution in [0.1, 0.15) is 16.8 Å². The molecule has 0 spiro atoms. The zero-order chi connectivity index (χ0) is 13.4. The van der Waals surface area contributed by atoms with Gasteiger partial charge < -0.3 is 9.80 Å². The third-order valence-electron chi connectivity index (χ3n) is 2.89. The van der Waals surface area contributed by atoms with E-state index in [2.05, 4.69) is 26.0 Å². The molecule has 0 aliphatic rings. The minimum atomic E-state index is 0.00428. The molecule has 0 bridgehead atoms. The van der Waals surface area contributed by atoms with Gasteiger partial charge in [0.1, 0.15) is 0 Å². The third-order valence-corrected chi connectivity index (χ3v) is 2.89. The lowest BCUT2D eigenvalue weighted by molar-refractivity contribution is -0.884. The molecule has 1 amide bonds. The molecule has 0 aliphatic heterocycles. The van der Waals surface area contributed by atoms with Crippen molar-refractivity contribution in [2.45, 2.75) is 6.42 Å². The van der Waals surface area contributed by atoms with Crippen molar-refractivity contribution in [2.24, 2.45) is 0 Å². The van der Waals surface area contributed by atoms with Gasteiger partial charge in [-0.15, -0.1) is 0 Å². The van der Waals surface area contributed by atoms with E-state index in [1.165, 1.54) is 0 Å². The summed E-state index contributed by atoms with van der Waals surface area (Å²) in [5, 5.41) is 2.94. The van der Waals surface area contributed by atoms with Crippen molar-refractivity contribution < 1.29 is 9.28 Å². The summed E-state index contributed by atoms with van der Waals surface area (Å²) in [6.07, 6.45) is 2.90. The van der Waals surface area contributed by atoms with Gasteiger partial charge in [-0.2, -0.15) is 0 Å². The number of carbonyl (C=O) groups is 1. The summed E-state index contributed by atoms with van der Waals surface area (Å²) in [5.41, 5.74) is 0.720.